The predicted octanol–water partition coefficient (Wildman–Crippen LogP) is 1.46. The van der Waals surface area contributed by atoms with E-state index in [0.29, 0.717) is 11.4 Å². The number of aryl methyl sites for hydroxylation is 2. The number of hydrogen-bond acceptors (Lipinski definition) is 6. The molecule has 0 aliphatic heterocycles. The molecule has 0 saturated heterocycles. The Kier molecular flexibility index (Phi) is 2.73. The first-order valence-corrected chi connectivity index (χ1v) is 4.87. The molecule has 0 amide bonds. The Labute approximate surface area is 96.7 Å². The molecule has 86 valence electrons. The van der Waals surface area contributed by atoms with E-state index in [1.54, 1.807) is 13.0 Å². The van der Waals surface area contributed by atoms with Gasteiger partial charge in [0.05, 0.1) is 4.92 Å². The van der Waals surface area contributed by atoms with Gasteiger partial charge >= 0.3 is 0 Å². The third-order valence-electron chi connectivity index (χ3n) is 2.25. The van der Waals surface area contributed by atoms with Crippen LogP contribution in [-0.4, -0.2) is 25.3 Å². The molecule has 1 aromatic carbocycles. The van der Waals surface area contributed by atoms with Gasteiger partial charge in [0.1, 0.15) is 0 Å². The Morgan fingerprint density at radius 2 is 1.76 bits per heavy atom. The van der Waals surface area contributed by atoms with Gasteiger partial charge in [0, 0.05) is 17.7 Å². The first-order chi connectivity index (χ1) is 8.08. The molecule has 1 heterocycles. The van der Waals surface area contributed by atoms with E-state index in [1.165, 1.54) is 12.1 Å². The van der Waals surface area contributed by atoms with Crippen molar-refractivity contribution in [2.24, 2.45) is 0 Å². The molecule has 0 atom stereocenters. The molecular weight excluding hydrogens is 222 g/mol. The van der Waals surface area contributed by atoms with E-state index in [0.717, 1.165) is 5.56 Å². The molecule has 0 aliphatic rings. The number of rotatable bonds is 2. The van der Waals surface area contributed by atoms with Crippen molar-refractivity contribution in [2.75, 3.05) is 0 Å². The third kappa shape index (κ3) is 2.22. The van der Waals surface area contributed by atoms with Gasteiger partial charge in [-0.3, -0.25) is 10.1 Å². The summed E-state index contributed by atoms with van der Waals surface area (Å²) in [5.74, 6) is 0.744. The molecule has 7 nitrogen and oxygen atoms in total. The van der Waals surface area contributed by atoms with Crippen LogP contribution in [0.4, 0.5) is 5.69 Å². The highest BCUT2D eigenvalue weighted by molar-refractivity contribution is 5.62. The highest BCUT2D eigenvalue weighted by atomic mass is 16.6. The van der Waals surface area contributed by atoms with Gasteiger partial charge in [0.2, 0.25) is 5.82 Å². The van der Waals surface area contributed by atoms with Crippen molar-refractivity contribution in [3.05, 3.63) is 39.7 Å². The van der Waals surface area contributed by atoms with E-state index in [1.807, 2.05) is 6.92 Å². The number of nitrogens with zero attached hydrogens (tertiary/aromatic N) is 5. The van der Waals surface area contributed by atoms with E-state index >= 15 is 0 Å². The standard InChI is InChI=1S/C10H9N5O2/c1-6-3-4-8(15(16)17)5-9(6)10-13-11-7(2)12-14-10/h3-5H,1-2H3. The predicted molar refractivity (Wildman–Crippen MR) is 59.2 cm³/mol. The molecule has 0 bridgehead atoms. The number of nitro benzene ring substituents is 1. The van der Waals surface area contributed by atoms with Crippen LogP contribution in [0.5, 0.6) is 0 Å². The average Bonchev–Trinajstić information content (AvgIpc) is 2.31. The topological polar surface area (TPSA) is 94.7 Å². The van der Waals surface area contributed by atoms with E-state index in [4.69, 9.17) is 0 Å². The maximum absolute atomic E-state index is 10.7. The average molecular weight is 231 g/mol. The Morgan fingerprint density at radius 3 is 2.35 bits per heavy atom. The fourth-order valence-corrected chi connectivity index (χ4v) is 1.35. The molecule has 0 N–H and O–H groups in total. The number of nitro groups is 1. The van der Waals surface area contributed by atoms with Crippen molar-refractivity contribution in [2.45, 2.75) is 13.8 Å². The van der Waals surface area contributed by atoms with Crippen molar-refractivity contribution in [3.63, 3.8) is 0 Å². The zero-order valence-corrected chi connectivity index (χ0v) is 9.28. The summed E-state index contributed by atoms with van der Waals surface area (Å²) in [6.45, 7) is 3.49. The number of benzene rings is 1. The van der Waals surface area contributed by atoms with Crippen molar-refractivity contribution < 1.29 is 4.92 Å². The van der Waals surface area contributed by atoms with Crippen molar-refractivity contribution >= 4 is 5.69 Å². The van der Waals surface area contributed by atoms with Crippen LogP contribution in [0.3, 0.4) is 0 Å². The molecule has 0 unspecified atom stereocenters. The maximum atomic E-state index is 10.7. The van der Waals surface area contributed by atoms with Gasteiger partial charge in [-0.05, 0) is 19.4 Å². The third-order valence-corrected chi connectivity index (χ3v) is 2.25. The molecule has 0 aliphatic carbocycles. The number of hydrogen-bond donors (Lipinski definition) is 0. The van der Waals surface area contributed by atoms with Crippen LogP contribution in [-0.2, 0) is 0 Å². The lowest BCUT2D eigenvalue weighted by Gasteiger charge is -2.02. The Bertz CT molecular complexity index is 567. The summed E-state index contributed by atoms with van der Waals surface area (Å²) in [6, 6.07) is 4.51. The first-order valence-electron chi connectivity index (χ1n) is 4.87. The molecule has 17 heavy (non-hydrogen) atoms. The molecular formula is C10H9N5O2. The van der Waals surface area contributed by atoms with Gasteiger partial charge in [0.15, 0.2) is 5.82 Å². The second-order valence-corrected chi connectivity index (χ2v) is 3.53. The molecule has 1 aromatic heterocycles. The van der Waals surface area contributed by atoms with Crippen molar-refractivity contribution in [1.29, 1.82) is 0 Å². The second-order valence-electron chi connectivity index (χ2n) is 3.53. The van der Waals surface area contributed by atoms with Crippen molar-refractivity contribution in [3.8, 4) is 11.4 Å². The Balaban J connectivity index is 2.54. The van der Waals surface area contributed by atoms with E-state index in [-0.39, 0.29) is 11.5 Å². The molecule has 7 heteroatoms. The fraction of sp³-hybridized carbons (Fsp3) is 0.200. The van der Waals surface area contributed by atoms with Crippen molar-refractivity contribution in [1.82, 2.24) is 20.4 Å². The summed E-state index contributed by atoms with van der Waals surface area (Å²) < 4.78 is 0. The summed E-state index contributed by atoms with van der Waals surface area (Å²) in [6.07, 6.45) is 0. The van der Waals surface area contributed by atoms with Gasteiger partial charge in [-0.1, -0.05) is 6.07 Å². The highest BCUT2D eigenvalue weighted by Crippen LogP contribution is 2.23. The summed E-state index contributed by atoms with van der Waals surface area (Å²) in [5.41, 5.74) is 1.40. The second kappa shape index (κ2) is 4.20. The van der Waals surface area contributed by atoms with Crippen LogP contribution in [0.2, 0.25) is 0 Å². The van der Waals surface area contributed by atoms with Gasteiger partial charge in [0.25, 0.3) is 5.69 Å². The van der Waals surface area contributed by atoms with Gasteiger partial charge in [-0.2, -0.15) is 0 Å². The quantitative estimate of drug-likeness (QED) is 0.573. The maximum Gasteiger partial charge on any atom is 0.270 e. The zero-order valence-electron chi connectivity index (χ0n) is 9.28. The van der Waals surface area contributed by atoms with Gasteiger partial charge < -0.3 is 0 Å². The minimum atomic E-state index is -0.460. The zero-order chi connectivity index (χ0) is 12.4. The Hall–Kier alpha value is -2.44. The lowest BCUT2D eigenvalue weighted by Crippen LogP contribution is -2.00. The molecule has 0 radical (unpaired) electrons. The van der Waals surface area contributed by atoms with E-state index in [9.17, 15) is 10.1 Å². The number of non-ortho nitro benzene ring substituents is 1. The summed E-state index contributed by atoms with van der Waals surface area (Å²) >= 11 is 0. The largest absolute Gasteiger partial charge is 0.270 e. The van der Waals surface area contributed by atoms with Crippen LogP contribution < -0.4 is 0 Å². The smallest absolute Gasteiger partial charge is 0.258 e. The molecule has 2 rings (SSSR count). The molecule has 0 spiro atoms. The normalized spacial score (nSPS) is 10.2. The summed E-state index contributed by atoms with van der Waals surface area (Å²) in [4.78, 5) is 10.2. The highest BCUT2D eigenvalue weighted by Gasteiger charge is 2.12. The van der Waals surface area contributed by atoms with Gasteiger partial charge in [-0.15, -0.1) is 20.4 Å². The number of aromatic nitrogens is 4. The lowest BCUT2D eigenvalue weighted by molar-refractivity contribution is -0.384. The van der Waals surface area contributed by atoms with Crippen LogP contribution in [0.1, 0.15) is 11.4 Å². The monoisotopic (exact) mass is 231 g/mol. The molecule has 2 aromatic rings. The minimum absolute atomic E-state index is 0.00484. The van der Waals surface area contributed by atoms with E-state index in [2.05, 4.69) is 20.4 Å². The van der Waals surface area contributed by atoms with Crippen LogP contribution in [0.25, 0.3) is 11.4 Å². The summed E-state index contributed by atoms with van der Waals surface area (Å²) in [5, 5.41) is 26.0. The van der Waals surface area contributed by atoms with E-state index < -0.39 is 4.92 Å². The fourth-order valence-electron chi connectivity index (χ4n) is 1.35. The minimum Gasteiger partial charge on any atom is -0.258 e. The molecule has 0 fully saturated rings. The SMILES string of the molecule is Cc1nnc(-c2cc([N+](=O)[O-])ccc2C)nn1. The Morgan fingerprint density at radius 1 is 1.12 bits per heavy atom. The lowest BCUT2D eigenvalue weighted by atomic mass is 10.1. The molecule has 0 saturated carbocycles. The summed E-state index contributed by atoms with van der Waals surface area (Å²) in [7, 11) is 0. The van der Waals surface area contributed by atoms with Gasteiger partial charge in [-0.25, -0.2) is 0 Å². The van der Waals surface area contributed by atoms with Crippen LogP contribution >= 0.6 is 0 Å². The first kappa shape index (κ1) is 11.1. The van der Waals surface area contributed by atoms with Crippen LogP contribution in [0.15, 0.2) is 18.2 Å². The van der Waals surface area contributed by atoms with Crippen LogP contribution in [0, 0.1) is 24.0 Å².